The van der Waals surface area contributed by atoms with Gasteiger partial charge in [0.2, 0.25) is 0 Å². The van der Waals surface area contributed by atoms with Crippen LogP contribution in [0.2, 0.25) is 0 Å². The van der Waals surface area contributed by atoms with Crippen molar-refractivity contribution in [3.05, 3.63) is 89.0 Å². The minimum atomic E-state index is -0.462. The molecule has 0 aliphatic rings. The Morgan fingerprint density at radius 1 is 0.692 bits per heavy atom. The van der Waals surface area contributed by atoms with E-state index in [4.69, 9.17) is 0 Å². The van der Waals surface area contributed by atoms with Crippen molar-refractivity contribution in [3.63, 3.8) is 0 Å². The van der Waals surface area contributed by atoms with E-state index in [9.17, 15) is 10.1 Å². The molecule has 26 heavy (non-hydrogen) atoms. The molecule has 0 spiro atoms. The maximum atomic E-state index is 10.6. The lowest BCUT2D eigenvalue weighted by Gasteiger charge is -1.99. The van der Waals surface area contributed by atoms with E-state index in [0.717, 1.165) is 11.4 Å². The van der Waals surface area contributed by atoms with Gasteiger partial charge in [0.1, 0.15) is 0 Å². The summed E-state index contributed by atoms with van der Waals surface area (Å²) in [6, 6.07) is 22.5. The Labute approximate surface area is 149 Å². The van der Waals surface area contributed by atoms with Gasteiger partial charge in [-0.25, -0.2) is 0 Å². The number of anilines is 1. The topological polar surface area (TPSA) is 105 Å². The molecule has 0 aliphatic heterocycles. The molecule has 8 heteroatoms. The third-order valence-electron chi connectivity index (χ3n) is 3.31. The molecule has 0 fully saturated rings. The molecule has 8 nitrogen and oxygen atoms in total. The first kappa shape index (κ1) is 16.9. The number of nitrogens with zero attached hydrogens (tertiary/aromatic N) is 5. The number of non-ortho nitro benzene ring substituents is 1. The first-order chi connectivity index (χ1) is 12.7. The number of rotatable bonds is 6. The summed E-state index contributed by atoms with van der Waals surface area (Å²) in [6.45, 7) is 0. The highest BCUT2D eigenvalue weighted by Gasteiger charge is 2.02. The zero-order chi connectivity index (χ0) is 18.2. The summed E-state index contributed by atoms with van der Waals surface area (Å²) in [5.74, 6) is 0. The molecule has 0 aromatic heterocycles. The first-order valence-corrected chi connectivity index (χ1v) is 7.69. The van der Waals surface area contributed by atoms with Gasteiger partial charge in [-0.15, -0.1) is 5.11 Å². The Morgan fingerprint density at radius 3 is 1.85 bits per heavy atom. The smallest absolute Gasteiger partial charge is 0.260 e. The zero-order valence-corrected chi connectivity index (χ0v) is 13.6. The lowest BCUT2D eigenvalue weighted by molar-refractivity contribution is -0.384. The van der Waals surface area contributed by atoms with Gasteiger partial charge in [0.05, 0.1) is 27.7 Å². The molecule has 128 valence electrons. The van der Waals surface area contributed by atoms with Crippen LogP contribution in [0.1, 0.15) is 0 Å². The minimum Gasteiger partial charge on any atom is -0.260 e. The normalized spacial score (nSPS) is 11.1. The molecule has 0 unspecified atom stereocenters. The van der Waals surface area contributed by atoms with Crippen LogP contribution in [-0.4, -0.2) is 4.92 Å². The van der Waals surface area contributed by atoms with Crippen molar-refractivity contribution in [1.82, 2.24) is 0 Å². The lowest BCUT2D eigenvalue weighted by Crippen LogP contribution is -1.86. The van der Waals surface area contributed by atoms with Crippen molar-refractivity contribution in [1.29, 1.82) is 0 Å². The van der Waals surface area contributed by atoms with Crippen LogP contribution in [0.25, 0.3) is 0 Å². The highest BCUT2D eigenvalue weighted by atomic mass is 16.6. The standard InChI is InChI=1S/C18H14N6O2/c25-24(26)18-12-10-17(11-13-18)22-23-21-16-8-6-15(7-9-16)20-19-14-4-2-1-3-5-14/h1-13H,(H,21,22). The van der Waals surface area contributed by atoms with E-state index in [1.54, 1.807) is 24.3 Å². The van der Waals surface area contributed by atoms with Gasteiger partial charge >= 0.3 is 0 Å². The summed E-state index contributed by atoms with van der Waals surface area (Å²) in [5, 5.41) is 26.7. The number of nitrogens with one attached hydrogen (secondary N) is 1. The van der Waals surface area contributed by atoms with Gasteiger partial charge in [-0.2, -0.15) is 10.2 Å². The molecule has 0 radical (unpaired) electrons. The molecule has 3 aromatic carbocycles. The molecule has 3 rings (SSSR count). The molecule has 0 aliphatic carbocycles. The maximum Gasteiger partial charge on any atom is 0.269 e. The van der Waals surface area contributed by atoms with Crippen molar-refractivity contribution in [2.75, 3.05) is 5.43 Å². The quantitative estimate of drug-likeness (QED) is 0.330. The number of hydrogen-bond donors (Lipinski definition) is 1. The molecular formula is C18H14N6O2. The maximum absolute atomic E-state index is 10.6. The number of azo groups is 1. The van der Waals surface area contributed by atoms with Gasteiger partial charge in [0.15, 0.2) is 0 Å². The van der Waals surface area contributed by atoms with E-state index in [-0.39, 0.29) is 5.69 Å². The summed E-state index contributed by atoms with van der Waals surface area (Å²) < 4.78 is 0. The molecular weight excluding hydrogens is 332 g/mol. The molecule has 1 N–H and O–H groups in total. The second kappa shape index (κ2) is 8.25. The second-order valence-electron chi connectivity index (χ2n) is 5.17. The highest BCUT2D eigenvalue weighted by Crippen LogP contribution is 2.21. The van der Waals surface area contributed by atoms with E-state index < -0.39 is 4.92 Å². The van der Waals surface area contributed by atoms with Crippen LogP contribution < -0.4 is 5.43 Å². The molecule has 0 bridgehead atoms. The van der Waals surface area contributed by atoms with Crippen LogP contribution in [0.3, 0.4) is 0 Å². The lowest BCUT2D eigenvalue weighted by atomic mass is 10.3. The van der Waals surface area contributed by atoms with Gasteiger partial charge in [-0.05, 0) is 48.5 Å². The Hall–Kier alpha value is -3.94. The molecule has 3 aromatic rings. The van der Waals surface area contributed by atoms with E-state index in [1.165, 1.54) is 24.3 Å². The zero-order valence-electron chi connectivity index (χ0n) is 13.6. The van der Waals surface area contributed by atoms with E-state index in [2.05, 4.69) is 26.0 Å². The number of nitro benzene ring substituents is 1. The summed E-state index contributed by atoms with van der Waals surface area (Å²) in [7, 11) is 0. The second-order valence-corrected chi connectivity index (χ2v) is 5.17. The third-order valence-corrected chi connectivity index (χ3v) is 3.31. The fourth-order valence-electron chi connectivity index (χ4n) is 1.99. The largest absolute Gasteiger partial charge is 0.269 e. The highest BCUT2D eigenvalue weighted by molar-refractivity contribution is 5.50. The summed E-state index contributed by atoms with van der Waals surface area (Å²) >= 11 is 0. The van der Waals surface area contributed by atoms with E-state index in [1.807, 2.05) is 30.3 Å². The summed E-state index contributed by atoms with van der Waals surface area (Å²) in [4.78, 5) is 10.1. The monoisotopic (exact) mass is 346 g/mol. The molecule has 0 heterocycles. The third kappa shape index (κ3) is 4.78. The van der Waals surface area contributed by atoms with E-state index >= 15 is 0 Å². The van der Waals surface area contributed by atoms with Crippen molar-refractivity contribution in [3.8, 4) is 0 Å². The van der Waals surface area contributed by atoms with Crippen molar-refractivity contribution in [2.24, 2.45) is 20.6 Å². The van der Waals surface area contributed by atoms with E-state index in [0.29, 0.717) is 11.4 Å². The average Bonchev–Trinajstić information content (AvgIpc) is 2.68. The van der Waals surface area contributed by atoms with Gasteiger partial charge in [0, 0.05) is 12.1 Å². The first-order valence-electron chi connectivity index (χ1n) is 7.69. The number of hydrogen-bond acceptors (Lipinski definition) is 6. The van der Waals surface area contributed by atoms with Crippen molar-refractivity contribution >= 4 is 28.4 Å². The van der Waals surface area contributed by atoms with Crippen LogP contribution >= 0.6 is 0 Å². The Bertz CT molecular complexity index is 922. The predicted molar refractivity (Wildman–Crippen MR) is 98.3 cm³/mol. The Balaban J connectivity index is 1.57. The van der Waals surface area contributed by atoms with Gasteiger partial charge in [-0.3, -0.25) is 15.5 Å². The summed E-state index contributed by atoms with van der Waals surface area (Å²) in [5.41, 5.74) is 5.53. The van der Waals surface area contributed by atoms with Crippen molar-refractivity contribution < 1.29 is 4.92 Å². The van der Waals surface area contributed by atoms with Gasteiger partial charge in [0.25, 0.3) is 5.69 Å². The molecule has 0 amide bonds. The molecule has 0 saturated heterocycles. The molecule has 0 atom stereocenters. The fraction of sp³-hybridized carbons (Fsp3) is 0. The van der Waals surface area contributed by atoms with Crippen LogP contribution in [0, 0.1) is 10.1 Å². The minimum absolute atomic E-state index is 0.0113. The van der Waals surface area contributed by atoms with Crippen LogP contribution in [0.15, 0.2) is 99.4 Å². The van der Waals surface area contributed by atoms with Crippen LogP contribution in [0.4, 0.5) is 28.4 Å². The fourth-order valence-corrected chi connectivity index (χ4v) is 1.99. The predicted octanol–water partition coefficient (Wildman–Crippen LogP) is 6.12. The van der Waals surface area contributed by atoms with Crippen LogP contribution in [-0.2, 0) is 0 Å². The number of benzene rings is 3. The molecule has 0 saturated carbocycles. The van der Waals surface area contributed by atoms with Gasteiger partial charge in [-0.1, -0.05) is 23.4 Å². The Morgan fingerprint density at radius 2 is 1.23 bits per heavy atom. The average molecular weight is 346 g/mol. The Kier molecular flexibility index (Phi) is 5.36. The SMILES string of the molecule is O=[N+]([O-])c1ccc(N=NNc2ccc(N=Nc3ccccc3)cc2)cc1. The van der Waals surface area contributed by atoms with Gasteiger partial charge < -0.3 is 0 Å². The number of nitro groups is 1. The summed E-state index contributed by atoms with van der Waals surface area (Å²) in [6.07, 6.45) is 0. The van der Waals surface area contributed by atoms with Crippen LogP contribution in [0.5, 0.6) is 0 Å². The van der Waals surface area contributed by atoms with Crippen molar-refractivity contribution in [2.45, 2.75) is 0 Å².